The molecule has 0 saturated carbocycles. The van der Waals surface area contributed by atoms with Gasteiger partial charge in [-0.15, -0.1) is 0 Å². The number of carboxylic acid groups (broad SMARTS) is 1. The molecule has 29 heavy (non-hydrogen) atoms. The van der Waals surface area contributed by atoms with E-state index >= 15 is 0 Å². The first-order valence-electron chi connectivity index (χ1n) is 9.28. The number of benzene rings is 1. The van der Waals surface area contributed by atoms with Gasteiger partial charge in [0.05, 0.1) is 0 Å². The van der Waals surface area contributed by atoms with Crippen LogP contribution in [-0.4, -0.2) is 47.7 Å². The molecule has 0 aromatic heterocycles. The third-order valence-corrected chi connectivity index (χ3v) is 3.64. The summed E-state index contributed by atoms with van der Waals surface area (Å²) in [4.78, 5) is 45.4. The Kier molecular flexibility index (Phi) is 9.64. The highest BCUT2D eigenvalue weighted by Crippen LogP contribution is 2.08. The number of ether oxygens (including phenoxy) is 2. The standard InChI is InChI=1S/C20H28N2O7/c1-20(2,3)29-19(27)22-16(17(24)25)9-4-5-10-21-18(26)28-13-15-8-6-7-14(11-15)12-23/h6-8,11-12,16H,4-5,9-10,13H2,1-3H3,(H,21,26)(H,22,27)(H,24,25)/t16-/m0/s1. The molecule has 160 valence electrons. The van der Waals surface area contributed by atoms with E-state index in [1.807, 2.05) is 0 Å². The van der Waals surface area contributed by atoms with Crippen molar-refractivity contribution < 1.29 is 33.8 Å². The maximum absolute atomic E-state index is 11.7. The first kappa shape index (κ1) is 23.9. The molecule has 0 aliphatic carbocycles. The first-order chi connectivity index (χ1) is 13.6. The molecule has 0 heterocycles. The minimum absolute atomic E-state index is 0.0361. The molecule has 1 aromatic rings. The lowest BCUT2D eigenvalue weighted by atomic mass is 10.1. The van der Waals surface area contributed by atoms with E-state index in [2.05, 4.69) is 10.6 Å². The van der Waals surface area contributed by atoms with Gasteiger partial charge in [-0.3, -0.25) is 4.79 Å². The molecule has 0 saturated heterocycles. The fourth-order valence-electron chi connectivity index (χ4n) is 2.33. The van der Waals surface area contributed by atoms with Gasteiger partial charge in [-0.2, -0.15) is 0 Å². The summed E-state index contributed by atoms with van der Waals surface area (Å²) in [5.74, 6) is -1.15. The van der Waals surface area contributed by atoms with Crippen molar-refractivity contribution in [3.05, 3.63) is 35.4 Å². The normalized spacial score (nSPS) is 11.8. The Labute approximate surface area is 169 Å². The van der Waals surface area contributed by atoms with Crippen molar-refractivity contribution in [3.63, 3.8) is 0 Å². The molecule has 2 amide bonds. The summed E-state index contributed by atoms with van der Waals surface area (Å²) in [7, 11) is 0. The van der Waals surface area contributed by atoms with Gasteiger partial charge in [-0.1, -0.05) is 18.2 Å². The van der Waals surface area contributed by atoms with Crippen molar-refractivity contribution in [2.24, 2.45) is 0 Å². The Morgan fingerprint density at radius 3 is 2.52 bits per heavy atom. The zero-order valence-corrected chi connectivity index (χ0v) is 16.9. The quantitative estimate of drug-likeness (QED) is 0.401. The summed E-state index contributed by atoms with van der Waals surface area (Å²) < 4.78 is 10.1. The first-order valence-corrected chi connectivity index (χ1v) is 9.28. The SMILES string of the molecule is CC(C)(C)OC(=O)N[C@@H](CCCCNC(=O)OCc1cccc(C=O)c1)C(=O)O. The second-order valence-electron chi connectivity index (χ2n) is 7.40. The van der Waals surface area contributed by atoms with Gasteiger partial charge in [0.1, 0.15) is 24.5 Å². The molecule has 0 unspecified atom stereocenters. The van der Waals surface area contributed by atoms with Crippen LogP contribution in [0.3, 0.4) is 0 Å². The lowest BCUT2D eigenvalue weighted by molar-refractivity contribution is -0.139. The molecule has 1 atom stereocenters. The highest BCUT2D eigenvalue weighted by Gasteiger charge is 2.23. The second-order valence-corrected chi connectivity index (χ2v) is 7.40. The van der Waals surface area contributed by atoms with Crippen molar-refractivity contribution in [3.8, 4) is 0 Å². The van der Waals surface area contributed by atoms with Crippen molar-refractivity contribution in [1.82, 2.24) is 10.6 Å². The van der Waals surface area contributed by atoms with E-state index in [4.69, 9.17) is 9.47 Å². The number of alkyl carbamates (subject to hydrolysis) is 2. The topological polar surface area (TPSA) is 131 Å². The molecule has 0 bridgehead atoms. The largest absolute Gasteiger partial charge is 0.480 e. The Balaban J connectivity index is 2.26. The van der Waals surface area contributed by atoms with E-state index in [-0.39, 0.29) is 13.0 Å². The van der Waals surface area contributed by atoms with Gasteiger partial charge in [-0.05, 0) is 51.7 Å². The zero-order chi connectivity index (χ0) is 21.9. The van der Waals surface area contributed by atoms with Crippen LogP contribution in [0.4, 0.5) is 9.59 Å². The van der Waals surface area contributed by atoms with Crippen LogP contribution in [0.15, 0.2) is 24.3 Å². The summed E-state index contributed by atoms with van der Waals surface area (Å²) >= 11 is 0. The van der Waals surface area contributed by atoms with E-state index in [1.165, 1.54) is 0 Å². The van der Waals surface area contributed by atoms with Gasteiger partial charge in [0.2, 0.25) is 0 Å². The zero-order valence-electron chi connectivity index (χ0n) is 16.9. The van der Waals surface area contributed by atoms with E-state index < -0.39 is 29.8 Å². The molecule has 9 nitrogen and oxygen atoms in total. The number of hydrogen-bond acceptors (Lipinski definition) is 6. The number of nitrogens with one attached hydrogen (secondary N) is 2. The van der Waals surface area contributed by atoms with Crippen molar-refractivity contribution >= 4 is 24.4 Å². The van der Waals surface area contributed by atoms with Gasteiger partial charge in [-0.25, -0.2) is 14.4 Å². The third kappa shape index (κ3) is 10.7. The van der Waals surface area contributed by atoms with Gasteiger partial charge in [0.15, 0.2) is 0 Å². The van der Waals surface area contributed by atoms with Gasteiger partial charge >= 0.3 is 18.2 Å². The highest BCUT2D eigenvalue weighted by molar-refractivity contribution is 5.80. The molecule has 0 fully saturated rings. The maximum atomic E-state index is 11.7. The number of aldehydes is 1. The molecule has 1 rings (SSSR count). The molecule has 9 heteroatoms. The summed E-state index contributed by atoms with van der Waals surface area (Å²) in [6.07, 6.45) is 0.493. The summed E-state index contributed by atoms with van der Waals surface area (Å²) in [6.45, 7) is 5.39. The van der Waals surface area contributed by atoms with Crippen LogP contribution in [0.5, 0.6) is 0 Å². The van der Waals surface area contributed by atoms with Crippen LogP contribution in [0.1, 0.15) is 56.0 Å². The molecular weight excluding hydrogens is 380 g/mol. The van der Waals surface area contributed by atoms with Crippen LogP contribution in [0, 0.1) is 0 Å². The Bertz CT molecular complexity index is 713. The molecule has 0 aliphatic rings. The van der Waals surface area contributed by atoms with Crippen molar-refractivity contribution in [2.45, 2.75) is 58.3 Å². The summed E-state index contributed by atoms with van der Waals surface area (Å²) in [5, 5.41) is 14.1. The number of carboxylic acids is 1. The van der Waals surface area contributed by atoms with E-state index in [1.54, 1.807) is 45.0 Å². The molecule has 3 N–H and O–H groups in total. The monoisotopic (exact) mass is 408 g/mol. The lowest BCUT2D eigenvalue weighted by Gasteiger charge is -2.22. The van der Waals surface area contributed by atoms with E-state index in [9.17, 15) is 24.3 Å². The number of carbonyl (C=O) groups is 4. The van der Waals surface area contributed by atoms with Gasteiger partial charge in [0.25, 0.3) is 0 Å². The number of unbranched alkanes of at least 4 members (excludes halogenated alkanes) is 1. The average molecular weight is 408 g/mol. The van der Waals surface area contributed by atoms with Gasteiger partial charge in [0, 0.05) is 12.1 Å². The fourth-order valence-corrected chi connectivity index (χ4v) is 2.33. The molecule has 0 aliphatic heterocycles. The Hall–Kier alpha value is -3.10. The van der Waals surface area contributed by atoms with Crippen molar-refractivity contribution in [2.75, 3.05) is 6.54 Å². The van der Waals surface area contributed by atoms with E-state index in [0.29, 0.717) is 36.8 Å². The summed E-state index contributed by atoms with van der Waals surface area (Å²) in [6, 6.07) is 5.65. The molecule has 0 spiro atoms. The second kappa shape index (κ2) is 11.7. The number of amides is 2. The fraction of sp³-hybridized carbons (Fsp3) is 0.500. The van der Waals surface area contributed by atoms with E-state index in [0.717, 1.165) is 0 Å². The number of aliphatic carboxylic acids is 1. The summed E-state index contributed by atoms with van der Waals surface area (Å²) in [5.41, 5.74) is 0.480. The van der Waals surface area contributed by atoms with Crippen LogP contribution in [0.25, 0.3) is 0 Å². The van der Waals surface area contributed by atoms with Crippen LogP contribution < -0.4 is 10.6 Å². The number of rotatable bonds is 10. The number of hydrogen-bond donors (Lipinski definition) is 3. The van der Waals surface area contributed by atoms with Crippen LogP contribution in [-0.2, 0) is 20.9 Å². The minimum Gasteiger partial charge on any atom is -0.480 e. The number of carbonyl (C=O) groups excluding carboxylic acids is 3. The molecule has 1 aromatic carbocycles. The maximum Gasteiger partial charge on any atom is 0.408 e. The Morgan fingerprint density at radius 2 is 1.90 bits per heavy atom. The highest BCUT2D eigenvalue weighted by atomic mass is 16.6. The van der Waals surface area contributed by atoms with Gasteiger partial charge < -0.3 is 25.2 Å². The predicted molar refractivity (Wildman–Crippen MR) is 105 cm³/mol. The van der Waals surface area contributed by atoms with Crippen LogP contribution in [0.2, 0.25) is 0 Å². The van der Waals surface area contributed by atoms with Crippen molar-refractivity contribution in [1.29, 1.82) is 0 Å². The Morgan fingerprint density at radius 1 is 1.17 bits per heavy atom. The average Bonchev–Trinajstić information content (AvgIpc) is 2.63. The third-order valence-electron chi connectivity index (χ3n) is 3.64. The molecular formula is C20H28N2O7. The molecule has 0 radical (unpaired) electrons. The minimum atomic E-state index is -1.15. The van der Waals surface area contributed by atoms with Crippen LogP contribution >= 0.6 is 0 Å². The predicted octanol–water partition coefficient (Wildman–Crippen LogP) is 2.87. The lowest BCUT2D eigenvalue weighted by Crippen LogP contribution is -2.43. The smallest absolute Gasteiger partial charge is 0.408 e.